The summed E-state index contributed by atoms with van der Waals surface area (Å²) >= 11 is 6.67. The van der Waals surface area contributed by atoms with Gasteiger partial charge in [-0.05, 0) is 30.5 Å². The average molecular weight is 347 g/mol. The van der Waals surface area contributed by atoms with Crippen LogP contribution in [-0.2, 0) is 16.6 Å². The first-order valence-electron chi connectivity index (χ1n) is 6.34. The van der Waals surface area contributed by atoms with Gasteiger partial charge in [-0.1, -0.05) is 35.1 Å². The molecule has 1 heterocycles. The van der Waals surface area contributed by atoms with Crippen molar-refractivity contribution in [1.29, 1.82) is 0 Å². The van der Waals surface area contributed by atoms with Crippen molar-refractivity contribution in [2.75, 3.05) is 0 Å². The van der Waals surface area contributed by atoms with E-state index in [0.29, 0.717) is 0 Å². The van der Waals surface area contributed by atoms with E-state index in [9.17, 15) is 12.8 Å². The van der Waals surface area contributed by atoms with E-state index in [4.69, 9.17) is 11.6 Å². The molecule has 0 radical (unpaired) electrons. The number of thiazole rings is 1. The number of hydrogen-bond acceptors (Lipinski definition) is 4. The summed E-state index contributed by atoms with van der Waals surface area (Å²) in [5.41, 5.74) is 0.752. The molecule has 0 unspecified atom stereocenters. The molecule has 4 nitrogen and oxygen atoms in total. The van der Waals surface area contributed by atoms with Crippen molar-refractivity contribution >= 4 is 33.0 Å². The minimum absolute atomic E-state index is 0.000860. The van der Waals surface area contributed by atoms with Crippen LogP contribution in [0.1, 0.15) is 18.4 Å². The Balaban J connectivity index is 1.89. The van der Waals surface area contributed by atoms with Crippen LogP contribution in [-0.4, -0.2) is 23.7 Å². The zero-order valence-corrected chi connectivity index (χ0v) is 13.3. The molecule has 1 aliphatic rings. The molecule has 112 valence electrons. The van der Waals surface area contributed by atoms with E-state index in [2.05, 4.69) is 4.98 Å². The minimum Gasteiger partial charge on any atom is -0.232 e. The summed E-state index contributed by atoms with van der Waals surface area (Å²) in [6.07, 6.45) is 2.96. The molecule has 0 atom stereocenters. The van der Waals surface area contributed by atoms with Gasteiger partial charge in [0, 0.05) is 12.6 Å². The van der Waals surface area contributed by atoms with E-state index in [0.717, 1.165) is 29.7 Å². The van der Waals surface area contributed by atoms with Gasteiger partial charge in [0.2, 0.25) is 0 Å². The van der Waals surface area contributed by atoms with Gasteiger partial charge < -0.3 is 0 Å². The molecule has 21 heavy (non-hydrogen) atoms. The summed E-state index contributed by atoms with van der Waals surface area (Å²) in [7, 11) is -3.61. The van der Waals surface area contributed by atoms with Gasteiger partial charge in [0.15, 0.2) is 8.68 Å². The summed E-state index contributed by atoms with van der Waals surface area (Å²) in [6, 6.07) is 5.85. The molecular formula is C13H12ClFN2O2S2. The Labute approximate surface area is 131 Å². The Morgan fingerprint density at radius 2 is 2.00 bits per heavy atom. The van der Waals surface area contributed by atoms with Crippen molar-refractivity contribution in [2.24, 2.45) is 0 Å². The highest BCUT2D eigenvalue weighted by Gasteiger charge is 2.39. The lowest BCUT2D eigenvalue weighted by atomic mass is 10.2. The van der Waals surface area contributed by atoms with E-state index in [-0.39, 0.29) is 27.1 Å². The molecule has 0 saturated heterocycles. The molecule has 3 rings (SSSR count). The van der Waals surface area contributed by atoms with Crippen LogP contribution >= 0.6 is 22.9 Å². The fraction of sp³-hybridized carbons (Fsp3) is 0.308. The van der Waals surface area contributed by atoms with Crippen LogP contribution < -0.4 is 0 Å². The van der Waals surface area contributed by atoms with Crippen LogP contribution in [0.4, 0.5) is 4.39 Å². The van der Waals surface area contributed by atoms with Gasteiger partial charge in [-0.25, -0.2) is 17.8 Å². The summed E-state index contributed by atoms with van der Waals surface area (Å²) in [4.78, 5) is 3.79. The summed E-state index contributed by atoms with van der Waals surface area (Å²) < 4.78 is 40.1. The molecule has 1 saturated carbocycles. The maximum atomic E-state index is 12.9. The Bertz CT molecular complexity index is 742. The van der Waals surface area contributed by atoms with Gasteiger partial charge >= 0.3 is 0 Å². The quantitative estimate of drug-likeness (QED) is 0.834. The molecule has 1 aromatic carbocycles. The molecule has 2 aromatic rings. The number of nitrogens with zero attached hydrogens (tertiary/aromatic N) is 2. The Morgan fingerprint density at radius 3 is 2.52 bits per heavy atom. The van der Waals surface area contributed by atoms with Crippen molar-refractivity contribution in [3.63, 3.8) is 0 Å². The van der Waals surface area contributed by atoms with E-state index in [1.807, 2.05) is 0 Å². The van der Waals surface area contributed by atoms with Gasteiger partial charge in [-0.15, -0.1) is 0 Å². The molecule has 0 amide bonds. The van der Waals surface area contributed by atoms with Crippen LogP contribution in [0.15, 0.2) is 34.7 Å². The number of aromatic nitrogens is 1. The second kappa shape index (κ2) is 5.64. The fourth-order valence-corrected chi connectivity index (χ4v) is 5.11. The molecule has 8 heteroatoms. The van der Waals surface area contributed by atoms with E-state index < -0.39 is 10.0 Å². The summed E-state index contributed by atoms with van der Waals surface area (Å²) in [5.74, 6) is -0.339. The van der Waals surface area contributed by atoms with Crippen LogP contribution in [0, 0.1) is 5.82 Å². The number of sulfonamides is 1. The average Bonchev–Trinajstić information content (AvgIpc) is 3.18. The third kappa shape index (κ3) is 3.26. The third-order valence-electron chi connectivity index (χ3n) is 3.23. The summed E-state index contributed by atoms with van der Waals surface area (Å²) in [6.45, 7) is 0.225. The maximum absolute atomic E-state index is 12.9. The third-order valence-corrected chi connectivity index (χ3v) is 6.67. The predicted octanol–water partition coefficient (Wildman–Crippen LogP) is 3.29. The molecule has 1 aliphatic carbocycles. The number of halogens is 2. The number of rotatable bonds is 5. The van der Waals surface area contributed by atoms with E-state index in [1.165, 1.54) is 22.6 Å². The van der Waals surface area contributed by atoms with Gasteiger partial charge in [0.05, 0.1) is 6.20 Å². The van der Waals surface area contributed by atoms with Gasteiger partial charge in [-0.2, -0.15) is 4.31 Å². The van der Waals surface area contributed by atoms with Crippen LogP contribution in [0.5, 0.6) is 0 Å². The fourth-order valence-electron chi connectivity index (χ4n) is 2.02. The molecular weight excluding hydrogens is 335 g/mol. The maximum Gasteiger partial charge on any atom is 0.254 e. The van der Waals surface area contributed by atoms with Crippen molar-refractivity contribution in [1.82, 2.24) is 9.29 Å². The smallest absolute Gasteiger partial charge is 0.232 e. The second-order valence-corrected chi connectivity index (χ2v) is 8.57. The largest absolute Gasteiger partial charge is 0.254 e. The highest BCUT2D eigenvalue weighted by molar-refractivity contribution is 7.91. The topological polar surface area (TPSA) is 50.3 Å². The van der Waals surface area contributed by atoms with Gasteiger partial charge in [-0.3, -0.25) is 0 Å². The number of hydrogen-bond donors (Lipinski definition) is 0. The highest BCUT2D eigenvalue weighted by atomic mass is 35.5. The zero-order valence-electron chi connectivity index (χ0n) is 10.9. The second-order valence-electron chi connectivity index (χ2n) is 4.84. The highest BCUT2D eigenvalue weighted by Crippen LogP contribution is 2.35. The standard InChI is InChI=1S/C13H12ClFN2O2S2/c14-13-16-7-12(20-13)21(18,19)17(11-5-6-11)8-9-1-3-10(15)4-2-9/h1-4,7,11H,5-6,8H2. The predicted molar refractivity (Wildman–Crippen MR) is 79.3 cm³/mol. The van der Waals surface area contributed by atoms with Crippen LogP contribution in [0.2, 0.25) is 4.47 Å². The van der Waals surface area contributed by atoms with Crippen LogP contribution in [0.25, 0.3) is 0 Å². The minimum atomic E-state index is -3.61. The Hall–Kier alpha value is -1.02. The first kappa shape index (κ1) is 14.9. The number of benzene rings is 1. The molecule has 0 spiro atoms. The van der Waals surface area contributed by atoms with Gasteiger partial charge in [0.1, 0.15) is 5.82 Å². The first-order chi connectivity index (χ1) is 9.96. The summed E-state index contributed by atoms with van der Waals surface area (Å²) in [5, 5.41) is 0. The lowest BCUT2D eigenvalue weighted by molar-refractivity contribution is 0.399. The zero-order chi connectivity index (χ0) is 15.0. The van der Waals surface area contributed by atoms with Crippen molar-refractivity contribution in [2.45, 2.75) is 29.6 Å². The molecule has 0 bridgehead atoms. The van der Waals surface area contributed by atoms with E-state index in [1.54, 1.807) is 12.1 Å². The van der Waals surface area contributed by atoms with Crippen molar-refractivity contribution in [3.05, 3.63) is 46.3 Å². The Kier molecular flexibility index (Phi) is 4.00. The molecule has 0 aliphatic heterocycles. The normalized spacial score (nSPS) is 15.6. The molecule has 1 aromatic heterocycles. The van der Waals surface area contributed by atoms with Gasteiger partial charge in [0.25, 0.3) is 10.0 Å². The first-order valence-corrected chi connectivity index (χ1v) is 8.98. The van der Waals surface area contributed by atoms with Crippen LogP contribution in [0.3, 0.4) is 0 Å². The lowest BCUT2D eigenvalue weighted by Crippen LogP contribution is -2.32. The van der Waals surface area contributed by atoms with Crippen molar-refractivity contribution in [3.8, 4) is 0 Å². The Morgan fingerprint density at radius 1 is 1.33 bits per heavy atom. The molecule has 1 fully saturated rings. The SMILES string of the molecule is O=S(=O)(c1cnc(Cl)s1)N(Cc1ccc(F)cc1)C1CC1. The molecule has 0 N–H and O–H groups in total. The lowest BCUT2D eigenvalue weighted by Gasteiger charge is -2.20. The monoisotopic (exact) mass is 346 g/mol. The van der Waals surface area contributed by atoms with Crippen molar-refractivity contribution < 1.29 is 12.8 Å². The van der Waals surface area contributed by atoms with E-state index >= 15 is 0 Å².